The van der Waals surface area contributed by atoms with Gasteiger partial charge in [0, 0.05) is 5.92 Å². The number of carboxylic acids is 1. The highest BCUT2D eigenvalue weighted by atomic mass is 16.5. The van der Waals surface area contributed by atoms with Crippen LogP contribution in [0.3, 0.4) is 0 Å². The SMILES string of the molecule is COC(=O)CC(C)C(=O)O.COC(=O)C[C@H](C)C(=O)Nc1ccccc1O.COC(=O)C[C@H](N)c1nc2ccccc2o1.Nc1ccccc1O. The Morgan fingerprint density at radius 3 is 1.73 bits per heavy atom. The lowest BCUT2D eigenvalue weighted by Gasteiger charge is -2.11. The number of carbonyl (C=O) groups is 5. The lowest BCUT2D eigenvalue weighted by Crippen LogP contribution is -2.23. The number of fused-ring (bicyclic) bond motifs is 1. The van der Waals surface area contributed by atoms with Crippen LogP contribution in [0, 0.1) is 11.8 Å². The summed E-state index contributed by atoms with van der Waals surface area (Å²) in [5, 5.41) is 29.1. The fourth-order valence-electron chi connectivity index (χ4n) is 3.57. The number of ether oxygens (including phenoxy) is 3. The van der Waals surface area contributed by atoms with Gasteiger partial charge in [0.1, 0.15) is 17.0 Å². The number of anilines is 2. The average molecular weight is 713 g/mol. The molecule has 4 aromatic rings. The molecule has 1 heterocycles. The van der Waals surface area contributed by atoms with E-state index in [2.05, 4.69) is 24.5 Å². The predicted molar refractivity (Wildman–Crippen MR) is 186 cm³/mol. The maximum absolute atomic E-state index is 11.7. The number of hydrogen-bond acceptors (Lipinski definition) is 14. The third kappa shape index (κ3) is 16.2. The van der Waals surface area contributed by atoms with E-state index in [4.69, 9.17) is 26.1 Å². The average Bonchev–Trinajstić information content (AvgIpc) is 3.56. The van der Waals surface area contributed by atoms with Gasteiger partial charge in [-0.2, -0.15) is 0 Å². The Morgan fingerprint density at radius 2 is 1.24 bits per heavy atom. The number of nitrogen functional groups attached to an aromatic ring is 1. The van der Waals surface area contributed by atoms with Crippen molar-refractivity contribution in [3.05, 3.63) is 78.7 Å². The number of nitrogens with one attached hydrogen (secondary N) is 1. The summed E-state index contributed by atoms with van der Waals surface area (Å²) in [6.07, 6.45) is 0.00504. The van der Waals surface area contributed by atoms with Crippen LogP contribution in [0.2, 0.25) is 0 Å². The van der Waals surface area contributed by atoms with Crippen LogP contribution >= 0.6 is 0 Å². The van der Waals surface area contributed by atoms with Crippen LogP contribution in [0.4, 0.5) is 11.4 Å². The molecule has 0 bridgehead atoms. The molecule has 0 saturated carbocycles. The van der Waals surface area contributed by atoms with Gasteiger partial charge in [-0.3, -0.25) is 24.0 Å². The molecular formula is C35H44N4O12. The second kappa shape index (κ2) is 22.5. The van der Waals surface area contributed by atoms with Crippen LogP contribution < -0.4 is 16.8 Å². The molecular weight excluding hydrogens is 668 g/mol. The van der Waals surface area contributed by atoms with E-state index in [1.165, 1.54) is 34.3 Å². The summed E-state index contributed by atoms with van der Waals surface area (Å²) in [6.45, 7) is 3.07. The van der Waals surface area contributed by atoms with Crippen LogP contribution in [0.25, 0.3) is 11.1 Å². The number of phenolic OH excluding ortho intramolecular Hbond substituents is 2. The van der Waals surface area contributed by atoms with Gasteiger partial charge in [-0.05, 0) is 36.4 Å². The number of oxazole rings is 1. The molecule has 16 nitrogen and oxygen atoms in total. The van der Waals surface area contributed by atoms with Crippen LogP contribution in [0.5, 0.6) is 11.5 Å². The summed E-state index contributed by atoms with van der Waals surface area (Å²) < 4.78 is 18.7. The summed E-state index contributed by atoms with van der Waals surface area (Å²) in [5.74, 6) is -3.31. The highest BCUT2D eigenvalue weighted by Crippen LogP contribution is 2.23. The first-order valence-corrected chi connectivity index (χ1v) is 15.3. The Bertz CT molecular complexity index is 1670. The Kier molecular flexibility index (Phi) is 18.9. The number of aromatic hydroxyl groups is 2. The Balaban J connectivity index is 0.000000355. The zero-order valence-corrected chi connectivity index (χ0v) is 28.9. The summed E-state index contributed by atoms with van der Waals surface area (Å²) in [5.41, 5.74) is 13.2. The van der Waals surface area contributed by atoms with Crippen molar-refractivity contribution in [3.63, 3.8) is 0 Å². The highest BCUT2D eigenvalue weighted by molar-refractivity contribution is 5.95. The van der Waals surface area contributed by atoms with Gasteiger partial charge in [0.25, 0.3) is 0 Å². The lowest BCUT2D eigenvalue weighted by molar-refractivity contribution is -0.149. The van der Waals surface area contributed by atoms with Gasteiger partial charge in [-0.15, -0.1) is 0 Å². The van der Waals surface area contributed by atoms with Gasteiger partial charge in [0.05, 0.1) is 63.9 Å². The van der Waals surface area contributed by atoms with Gasteiger partial charge in [0.2, 0.25) is 11.8 Å². The number of para-hydroxylation sites is 6. The maximum atomic E-state index is 11.7. The van der Waals surface area contributed by atoms with Crippen molar-refractivity contribution < 1.29 is 57.9 Å². The van der Waals surface area contributed by atoms with E-state index in [1.807, 2.05) is 18.2 Å². The fourth-order valence-corrected chi connectivity index (χ4v) is 3.57. The number of phenols is 2. The summed E-state index contributed by atoms with van der Waals surface area (Å²) in [7, 11) is 3.83. The number of nitrogens with two attached hydrogens (primary N) is 2. The normalized spacial score (nSPS) is 11.6. The number of esters is 3. The monoisotopic (exact) mass is 712 g/mol. The van der Waals surface area contributed by atoms with Gasteiger partial charge in [0.15, 0.2) is 5.58 Å². The Hall–Kier alpha value is -6.16. The van der Waals surface area contributed by atoms with Gasteiger partial charge in [-0.25, -0.2) is 4.98 Å². The van der Waals surface area contributed by atoms with E-state index in [0.717, 1.165) is 5.52 Å². The van der Waals surface area contributed by atoms with Crippen molar-refractivity contribution in [1.29, 1.82) is 0 Å². The molecule has 3 aromatic carbocycles. The largest absolute Gasteiger partial charge is 0.506 e. The number of rotatable bonds is 10. The molecule has 276 valence electrons. The topological polar surface area (TPSA) is 264 Å². The molecule has 51 heavy (non-hydrogen) atoms. The standard InChI is InChI=1S/C12H15NO4.C11H12N2O3.C6H7NO.C6H10O4/c1-8(7-11(15)17-2)12(16)13-9-5-3-4-6-10(9)14;1-15-10(14)6-7(12)11-13-8-4-2-3-5-9(8)16-11;7-5-3-1-2-4-6(5)8;1-4(6(8)9)3-5(7)10-2/h3-6,8,14H,7H2,1-2H3,(H,13,16);2-5,7H,6,12H2,1H3;1-4,8H,7H2;4H,3H2,1-2H3,(H,8,9)/t8-;7-;;/m00../s1. The quantitative estimate of drug-likeness (QED) is 0.0583. The van der Waals surface area contributed by atoms with Gasteiger partial charge >= 0.3 is 23.9 Å². The number of benzene rings is 3. The zero-order valence-electron chi connectivity index (χ0n) is 28.9. The van der Waals surface area contributed by atoms with Crippen LogP contribution in [-0.2, 0) is 38.2 Å². The maximum Gasteiger partial charge on any atom is 0.307 e. The minimum Gasteiger partial charge on any atom is -0.506 e. The molecule has 3 atom stereocenters. The summed E-state index contributed by atoms with van der Waals surface area (Å²) >= 11 is 0. The molecule has 8 N–H and O–H groups in total. The molecule has 4 rings (SSSR count). The third-order valence-corrected chi connectivity index (χ3v) is 6.61. The molecule has 0 aliphatic rings. The van der Waals surface area contributed by atoms with E-state index >= 15 is 0 Å². The molecule has 16 heteroatoms. The minimum absolute atomic E-state index is 0.00822. The van der Waals surface area contributed by atoms with Crippen molar-refractivity contribution in [2.24, 2.45) is 17.6 Å². The number of hydrogen-bond donors (Lipinski definition) is 6. The van der Waals surface area contributed by atoms with E-state index in [-0.39, 0.29) is 42.6 Å². The fraction of sp³-hybridized carbons (Fsp3) is 0.314. The van der Waals surface area contributed by atoms with Crippen LogP contribution in [0.15, 0.2) is 77.2 Å². The number of methoxy groups -OCH3 is 3. The summed E-state index contributed by atoms with van der Waals surface area (Å²) in [4.78, 5) is 58.5. The molecule has 1 unspecified atom stereocenters. The molecule has 0 aliphatic carbocycles. The molecule has 0 spiro atoms. The van der Waals surface area contributed by atoms with Gasteiger partial charge in [-0.1, -0.05) is 50.2 Å². The minimum atomic E-state index is -0.981. The number of carbonyl (C=O) groups excluding carboxylic acids is 4. The molecule has 0 fully saturated rings. The zero-order chi connectivity index (χ0) is 38.5. The van der Waals surface area contributed by atoms with Crippen molar-refractivity contribution in [2.45, 2.75) is 39.2 Å². The molecule has 0 radical (unpaired) electrons. The number of nitrogens with zero attached hydrogens (tertiary/aromatic N) is 1. The second-order valence-electron chi connectivity index (χ2n) is 10.7. The molecule has 0 saturated heterocycles. The predicted octanol–water partition coefficient (Wildman–Crippen LogP) is 4.17. The van der Waals surface area contributed by atoms with Crippen LogP contribution in [0.1, 0.15) is 45.0 Å². The Labute approximate surface area is 294 Å². The summed E-state index contributed by atoms with van der Waals surface area (Å²) in [6, 6.07) is 19.9. The van der Waals surface area contributed by atoms with Crippen molar-refractivity contribution >= 4 is 52.3 Å². The van der Waals surface area contributed by atoms with E-state index < -0.39 is 35.8 Å². The highest BCUT2D eigenvalue weighted by Gasteiger charge is 2.19. The Morgan fingerprint density at radius 1 is 0.745 bits per heavy atom. The number of amides is 1. The number of aliphatic carboxylic acids is 1. The first kappa shape index (κ1) is 42.9. The first-order chi connectivity index (χ1) is 24.1. The van der Waals surface area contributed by atoms with Crippen molar-refractivity contribution in [3.8, 4) is 11.5 Å². The molecule has 1 amide bonds. The van der Waals surface area contributed by atoms with Crippen molar-refractivity contribution in [2.75, 3.05) is 32.4 Å². The molecule has 0 aliphatic heterocycles. The third-order valence-electron chi connectivity index (χ3n) is 6.61. The number of carboxylic acid groups (broad SMARTS) is 1. The first-order valence-electron chi connectivity index (χ1n) is 15.3. The number of aromatic nitrogens is 1. The molecule has 1 aromatic heterocycles. The smallest absolute Gasteiger partial charge is 0.307 e. The van der Waals surface area contributed by atoms with Crippen molar-refractivity contribution in [1.82, 2.24) is 4.98 Å². The van der Waals surface area contributed by atoms with Gasteiger partial charge < -0.3 is 50.7 Å². The van der Waals surface area contributed by atoms with E-state index in [0.29, 0.717) is 22.8 Å². The van der Waals surface area contributed by atoms with Crippen LogP contribution in [-0.4, -0.2) is 71.4 Å². The lowest BCUT2D eigenvalue weighted by atomic mass is 10.1. The van der Waals surface area contributed by atoms with E-state index in [9.17, 15) is 29.1 Å². The second-order valence-corrected chi connectivity index (χ2v) is 10.7. The van der Waals surface area contributed by atoms with E-state index in [1.54, 1.807) is 55.5 Å².